The van der Waals surface area contributed by atoms with E-state index in [2.05, 4.69) is 0 Å². The van der Waals surface area contributed by atoms with Crippen molar-refractivity contribution < 1.29 is 38.0 Å². The van der Waals surface area contributed by atoms with E-state index in [9.17, 15) is 9.59 Å². The quantitative estimate of drug-likeness (QED) is 0.599. The molecule has 3 aliphatic rings. The molecule has 3 aliphatic heterocycles. The summed E-state index contributed by atoms with van der Waals surface area (Å²) in [4.78, 5) is 23.6. The van der Waals surface area contributed by atoms with Gasteiger partial charge in [0.25, 0.3) is 0 Å². The highest BCUT2D eigenvalue weighted by atomic mass is 16.8. The van der Waals surface area contributed by atoms with Crippen LogP contribution in [-0.2, 0) is 38.0 Å². The van der Waals surface area contributed by atoms with Crippen LogP contribution in [-0.4, -0.2) is 62.1 Å². The molecule has 4 atom stereocenters. The second-order valence-electron chi connectivity index (χ2n) is 7.00. The maximum atomic E-state index is 11.8. The molecule has 0 radical (unpaired) electrons. The minimum absolute atomic E-state index is 0.197. The Kier molecular flexibility index (Phi) is 5.62. The summed E-state index contributed by atoms with van der Waals surface area (Å²) >= 11 is 0. The van der Waals surface area contributed by atoms with Crippen molar-refractivity contribution in [3.05, 3.63) is 0 Å². The molecule has 25 heavy (non-hydrogen) atoms. The number of cyclic esters (lactones) is 2. The number of carbonyl (C=O) groups excluding carboxylic acids is 2. The lowest BCUT2D eigenvalue weighted by atomic mass is 10.1. The Hall–Kier alpha value is -1.22. The van der Waals surface area contributed by atoms with Crippen LogP contribution in [0.1, 0.15) is 46.0 Å². The van der Waals surface area contributed by atoms with Gasteiger partial charge in [-0.2, -0.15) is 0 Å². The molecular weight excluding hydrogens is 332 g/mol. The molecule has 0 N–H and O–H groups in total. The third-order valence-corrected chi connectivity index (χ3v) is 4.70. The molecule has 0 aromatic rings. The molecule has 3 rings (SSSR count). The third-order valence-electron chi connectivity index (χ3n) is 4.70. The lowest BCUT2D eigenvalue weighted by Gasteiger charge is -2.26. The second kappa shape index (κ2) is 7.57. The summed E-state index contributed by atoms with van der Waals surface area (Å²) in [5, 5.41) is 0. The molecule has 4 bridgehead atoms. The van der Waals surface area contributed by atoms with E-state index in [0.29, 0.717) is 32.5 Å². The van der Waals surface area contributed by atoms with Gasteiger partial charge >= 0.3 is 11.9 Å². The second-order valence-corrected chi connectivity index (χ2v) is 7.00. The highest BCUT2D eigenvalue weighted by molar-refractivity contribution is 5.69. The highest BCUT2D eigenvalue weighted by Crippen LogP contribution is 2.36. The van der Waals surface area contributed by atoms with E-state index >= 15 is 0 Å². The molecule has 0 aliphatic carbocycles. The standard InChI is InChI=1S/C17H26O8/c1-16-6-4-14(18)20-8-3-9-21-15(19)5-7-17(2)23-11-13(25-17)12(24-16)10-22-16/h12-13H,3-11H2,1-2H3. The Balaban J connectivity index is 1.64. The normalized spacial score (nSPS) is 41.0. The molecule has 8 heteroatoms. The van der Waals surface area contributed by atoms with E-state index < -0.39 is 11.6 Å². The number of carbonyl (C=O) groups is 2. The van der Waals surface area contributed by atoms with Crippen LogP contribution in [0, 0.1) is 0 Å². The minimum Gasteiger partial charge on any atom is -0.466 e. The van der Waals surface area contributed by atoms with Gasteiger partial charge in [0, 0.05) is 19.3 Å². The van der Waals surface area contributed by atoms with Crippen LogP contribution in [0.15, 0.2) is 0 Å². The zero-order valence-corrected chi connectivity index (χ0v) is 14.8. The monoisotopic (exact) mass is 358 g/mol. The molecule has 3 fully saturated rings. The van der Waals surface area contributed by atoms with Crippen LogP contribution in [0.4, 0.5) is 0 Å². The first-order valence-corrected chi connectivity index (χ1v) is 8.82. The first-order chi connectivity index (χ1) is 11.9. The van der Waals surface area contributed by atoms with Crippen molar-refractivity contribution in [2.45, 2.75) is 69.7 Å². The van der Waals surface area contributed by atoms with Crippen molar-refractivity contribution >= 4 is 11.9 Å². The van der Waals surface area contributed by atoms with E-state index in [-0.39, 0.29) is 50.2 Å². The fourth-order valence-electron chi connectivity index (χ4n) is 3.16. The van der Waals surface area contributed by atoms with E-state index in [4.69, 9.17) is 28.4 Å². The van der Waals surface area contributed by atoms with Gasteiger partial charge < -0.3 is 28.4 Å². The van der Waals surface area contributed by atoms with Gasteiger partial charge in [0.05, 0.1) is 39.3 Å². The Labute approximate surface area is 147 Å². The SMILES string of the molecule is CC12CCC(=O)OCCCOC(=O)CCC3(C)OCC(O3)C(CO1)O2. The summed E-state index contributed by atoms with van der Waals surface area (Å²) in [7, 11) is 0. The third kappa shape index (κ3) is 4.91. The molecule has 0 aromatic heterocycles. The maximum absolute atomic E-state index is 11.8. The number of fused-ring (bicyclic) bond motifs is 5. The molecule has 142 valence electrons. The van der Waals surface area contributed by atoms with Crippen LogP contribution in [0.25, 0.3) is 0 Å². The molecule has 3 saturated heterocycles. The Morgan fingerprint density at radius 3 is 1.68 bits per heavy atom. The van der Waals surface area contributed by atoms with Gasteiger partial charge in [0.1, 0.15) is 12.2 Å². The van der Waals surface area contributed by atoms with Crippen molar-refractivity contribution in [3.63, 3.8) is 0 Å². The summed E-state index contributed by atoms with van der Waals surface area (Å²) in [6.07, 6.45) is 1.13. The zero-order valence-electron chi connectivity index (χ0n) is 14.8. The summed E-state index contributed by atoms with van der Waals surface area (Å²) in [6.45, 7) is 4.82. The largest absolute Gasteiger partial charge is 0.466 e. The van der Waals surface area contributed by atoms with Crippen LogP contribution in [0.2, 0.25) is 0 Å². The van der Waals surface area contributed by atoms with Gasteiger partial charge in [-0.3, -0.25) is 9.59 Å². The Morgan fingerprint density at radius 1 is 0.800 bits per heavy atom. The molecule has 0 saturated carbocycles. The molecule has 0 aromatic carbocycles. The minimum atomic E-state index is -0.834. The van der Waals surface area contributed by atoms with E-state index in [1.165, 1.54) is 0 Å². The van der Waals surface area contributed by atoms with Crippen molar-refractivity contribution in [1.29, 1.82) is 0 Å². The van der Waals surface area contributed by atoms with Crippen molar-refractivity contribution in [2.24, 2.45) is 0 Å². The van der Waals surface area contributed by atoms with E-state index in [1.54, 1.807) is 0 Å². The van der Waals surface area contributed by atoms with Gasteiger partial charge in [-0.15, -0.1) is 0 Å². The molecule has 4 unspecified atom stereocenters. The topological polar surface area (TPSA) is 89.5 Å². The average Bonchev–Trinajstić information content (AvgIpc) is 3.15. The fraction of sp³-hybridized carbons (Fsp3) is 0.882. The van der Waals surface area contributed by atoms with Gasteiger partial charge in [-0.25, -0.2) is 0 Å². The predicted octanol–water partition coefficient (Wildman–Crippen LogP) is 1.30. The lowest BCUT2D eigenvalue weighted by molar-refractivity contribution is -0.194. The molecule has 3 heterocycles. The number of hydrogen-bond acceptors (Lipinski definition) is 8. The molecule has 0 spiro atoms. The number of ether oxygens (including phenoxy) is 6. The number of esters is 2. The van der Waals surface area contributed by atoms with Crippen molar-refractivity contribution in [2.75, 3.05) is 26.4 Å². The fourth-order valence-corrected chi connectivity index (χ4v) is 3.16. The van der Waals surface area contributed by atoms with Gasteiger partial charge in [0.15, 0.2) is 11.6 Å². The average molecular weight is 358 g/mol. The lowest BCUT2D eigenvalue weighted by Crippen LogP contribution is -2.36. The highest BCUT2D eigenvalue weighted by Gasteiger charge is 2.47. The van der Waals surface area contributed by atoms with Gasteiger partial charge in [-0.05, 0) is 13.8 Å². The molecule has 0 amide bonds. The van der Waals surface area contributed by atoms with Gasteiger partial charge in [-0.1, -0.05) is 0 Å². The van der Waals surface area contributed by atoms with Crippen LogP contribution in [0.5, 0.6) is 0 Å². The first-order valence-electron chi connectivity index (χ1n) is 8.82. The van der Waals surface area contributed by atoms with Crippen LogP contribution in [0.3, 0.4) is 0 Å². The molecular formula is C17H26O8. The zero-order chi connectivity index (χ0) is 17.9. The Bertz CT molecular complexity index is 465. The van der Waals surface area contributed by atoms with Crippen LogP contribution < -0.4 is 0 Å². The van der Waals surface area contributed by atoms with Crippen molar-refractivity contribution in [3.8, 4) is 0 Å². The van der Waals surface area contributed by atoms with Gasteiger partial charge in [0.2, 0.25) is 0 Å². The maximum Gasteiger partial charge on any atom is 0.305 e. The van der Waals surface area contributed by atoms with Crippen molar-refractivity contribution in [1.82, 2.24) is 0 Å². The summed E-state index contributed by atoms with van der Waals surface area (Å²) < 4.78 is 33.8. The first kappa shape index (κ1) is 18.6. The number of hydrogen-bond donors (Lipinski definition) is 0. The summed E-state index contributed by atoms with van der Waals surface area (Å²) in [5.74, 6) is -2.31. The predicted molar refractivity (Wildman–Crippen MR) is 83.5 cm³/mol. The Morgan fingerprint density at radius 2 is 1.24 bits per heavy atom. The summed E-state index contributed by atoms with van der Waals surface area (Å²) in [6, 6.07) is 0. The van der Waals surface area contributed by atoms with E-state index in [1.807, 2.05) is 13.8 Å². The smallest absolute Gasteiger partial charge is 0.305 e. The molecule has 8 nitrogen and oxygen atoms in total. The van der Waals surface area contributed by atoms with Crippen LogP contribution >= 0.6 is 0 Å². The number of rotatable bonds is 0. The summed E-state index contributed by atoms with van der Waals surface area (Å²) in [5.41, 5.74) is 0. The van der Waals surface area contributed by atoms with E-state index in [0.717, 1.165) is 0 Å².